The van der Waals surface area contributed by atoms with Gasteiger partial charge in [-0.15, -0.1) is 0 Å². The average molecular weight is 447 g/mol. The summed E-state index contributed by atoms with van der Waals surface area (Å²) in [5.41, 5.74) is 0.456. The van der Waals surface area contributed by atoms with Gasteiger partial charge in [0, 0.05) is 19.6 Å². The van der Waals surface area contributed by atoms with E-state index in [1.165, 1.54) is 6.07 Å². The number of phenols is 1. The summed E-state index contributed by atoms with van der Waals surface area (Å²) in [6.07, 6.45) is 1.95. The van der Waals surface area contributed by atoms with Crippen molar-refractivity contribution < 1.29 is 27.9 Å². The molecular formula is C22H26N2O6S. The molecule has 1 amide bonds. The van der Waals surface area contributed by atoms with Gasteiger partial charge < -0.3 is 14.7 Å². The van der Waals surface area contributed by atoms with Crippen LogP contribution in [0.25, 0.3) is 0 Å². The number of nitrogens with zero attached hydrogens (tertiary/aromatic N) is 1. The van der Waals surface area contributed by atoms with Crippen LogP contribution in [0.15, 0.2) is 53.4 Å². The number of ether oxygens (including phenoxy) is 1. The molecule has 1 atom stereocenters. The van der Waals surface area contributed by atoms with Crippen molar-refractivity contribution in [3.8, 4) is 5.75 Å². The minimum absolute atomic E-state index is 0.0760. The summed E-state index contributed by atoms with van der Waals surface area (Å²) in [6, 6.07) is 12.3. The van der Waals surface area contributed by atoms with E-state index in [0.717, 1.165) is 30.5 Å². The van der Waals surface area contributed by atoms with E-state index in [4.69, 9.17) is 4.74 Å². The molecule has 1 saturated heterocycles. The highest BCUT2D eigenvalue weighted by Crippen LogP contribution is 2.23. The maximum atomic E-state index is 12.6. The summed E-state index contributed by atoms with van der Waals surface area (Å²) in [4.78, 5) is 26.2. The van der Waals surface area contributed by atoms with Gasteiger partial charge in [0.1, 0.15) is 11.3 Å². The molecule has 166 valence electrons. The number of aromatic hydroxyl groups is 1. The zero-order valence-corrected chi connectivity index (χ0v) is 18.1. The second kappa shape index (κ2) is 9.93. The zero-order valence-electron chi connectivity index (χ0n) is 17.3. The molecule has 0 aliphatic carbocycles. The van der Waals surface area contributed by atoms with Crippen LogP contribution in [-0.4, -0.2) is 50.0 Å². The van der Waals surface area contributed by atoms with Crippen molar-refractivity contribution in [2.45, 2.75) is 31.2 Å². The summed E-state index contributed by atoms with van der Waals surface area (Å²) >= 11 is 0. The van der Waals surface area contributed by atoms with Gasteiger partial charge in [-0.3, -0.25) is 4.79 Å². The monoisotopic (exact) mass is 446 g/mol. The number of nitrogens with one attached hydrogen (secondary N) is 1. The van der Waals surface area contributed by atoms with Gasteiger partial charge in [-0.25, -0.2) is 17.9 Å². The molecule has 0 radical (unpaired) electrons. The molecule has 1 fully saturated rings. The Kier molecular flexibility index (Phi) is 7.29. The van der Waals surface area contributed by atoms with E-state index in [0.29, 0.717) is 19.0 Å². The van der Waals surface area contributed by atoms with E-state index >= 15 is 0 Å². The van der Waals surface area contributed by atoms with Gasteiger partial charge in [-0.1, -0.05) is 37.3 Å². The van der Waals surface area contributed by atoms with Gasteiger partial charge in [-0.2, -0.15) is 0 Å². The van der Waals surface area contributed by atoms with Crippen molar-refractivity contribution in [3.63, 3.8) is 0 Å². The van der Waals surface area contributed by atoms with Gasteiger partial charge in [0.25, 0.3) is 5.91 Å². The standard InChI is InChI=1S/C22H26N2O6S/c1-16-6-5-11-24(14-16)21(26)15-30-22(27)19-12-18(9-10-20(19)25)31(28,29)23-13-17-7-3-2-4-8-17/h2-4,7-10,12,16,23,25H,5-6,11,13-15H2,1H3. The fourth-order valence-electron chi connectivity index (χ4n) is 3.42. The smallest absolute Gasteiger partial charge is 0.342 e. The van der Waals surface area contributed by atoms with E-state index in [1.54, 1.807) is 29.2 Å². The average Bonchev–Trinajstić information content (AvgIpc) is 2.76. The second-order valence-corrected chi connectivity index (χ2v) is 9.42. The fourth-order valence-corrected chi connectivity index (χ4v) is 4.46. The Morgan fingerprint density at radius 1 is 1.19 bits per heavy atom. The van der Waals surface area contributed by atoms with Crippen LogP contribution < -0.4 is 4.72 Å². The number of carbonyl (C=O) groups excluding carboxylic acids is 2. The molecule has 3 rings (SSSR count). The van der Waals surface area contributed by atoms with E-state index in [1.807, 2.05) is 6.07 Å². The molecule has 2 aromatic rings. The van der Waals surface area contributed by atoms with Gasteiger partial charge >= 0.3 is 5.97 Å². The fraction of sp³-hybridized carbons (Fsp3) is 0.364. The minimum atomic E-state index is -3.93. The number of sulfonamides is 1. The maximum absolute atomic E-state index is 12.6. The number of likely N-dealkylation sites (tertiary alicyclic amines) is 1. The quantitative estimate of drug-likeness (QED) is 0.631. The first-order valence-corrected chi connectivity index (χ1v) is 11.6. The molecule has 1 aliphatic rings. The van der Waals surface area contributed by atoms with Crippen LogP contribution in [0.1, 0.15) is 35.7 Å². The van der Waals surface area contributed by atoms with Gasteiger partial charge in [0.15, 0.2) is 6.61 Å². The Hall–Kier alpha value is -2.91. The number of rotatable bonds is 7. The molecule has 8 nitrogen and oxygen atoms in total. The number of benzene rings is 2. The van der Waals surface area contributed by atoms with Crippen molar-refractivity contribution in [1.29, 1.82) is 0 Å². The Morgan fingerprint density at radius 2 is 1.94 bits per heavy atom. The molecule has 1 heterocycles. The number of carbonyl (C=O) groups is 2. The van der Waals surface area contributed by atoms with Crippen LogP contribution in [0, 0.1) is 5.92 Å². The van der Waals surface area contributed by atoms with Crippen LogP contribution in [0.3, 0.4) is 0 Å². The molecule has 0 bridgehead atoms. The van der Waals surface area contributed by atoms with E-state index in [-0.39, 0.29) is 22.9 Å². The van der Waals surface area contributed by atoms with Gasteiger partial charge in [-0.05, 0) is 42.5 Å². The predicted octanol–water partition coefficient (Wildman–Crippen LogP) is 2.29. The molecule has 0 spiro atoms. The summed E-state index contributed by atoms with van der Waals surface area (Å²) in [5.74, 6) is -1.31. The number of esters is 1. The Balaban J connectivity index is 1.65. The second-order valence-electron chi connectivity index (χ2n) is 7.65. The van der Waals surface area contributed by atoms with Crippen molar-refractivity contribution in [1.82, 2.24) is 9.62 Å². The topological polar surface area (TPSA) is 113 Å². The third-order valence-corrected chi connectivity index (χ3v) is 6.54. The van der Waals surface area contributed by atoms with Crippen LogP contribution >= 0.6 is 0 Å². The van der Waals surface area contributed by atoms with Crippen molar-refractivity contribution >= 4 is 21.9 Å². The highest BCUT2D eigenvalue weighted by atomic mass is 32.2. The lowest BCUT2D eigenvalue weighted by atomic mass is 10.0. The van der Waals surface area contributed by atoms with Gasteiger partial charge in [0.2, 0.25) is 10.0 Å². The molecular weight excluding hydrogens is 420 g/mol. The summed E-state index contributed by atoms with van der Waals surface area (Å²) in [5, 5.41) is 10.0. The normalized spacial score (nSPS) is 16.7. The van der Waals surface area contributed by atoms with Crippen molar-refractivity contribution in [2.75, 3.05) is 19.7 Å². The molecule has 1 aliphatic heterocycles. The molecule has 1 unspecified atom stereocenters. The SMILES string of the molecule is CC1CCCN(C(=O)COC(=O)c2cc(S(=O)(=O)NCc3ccccc3)ccc2O)C1. The van der Waals surface area contributed by atoms with E-state index in [2.05, 4.69) is 11.6 Å². The van der Waals surface area contributed by atoms with Crippen LogP contribution in [-0.2, 0) is 26.1 Å². The first kappa shape index (κ1) is 22.8. The number of piperidine rings is 1. The van der Waals surface area contributed by atoms with Crippen LogP contribution in [0.2, 0.25) is 0 Å². The molecule has 0 aromatic heterocycles. The first-order chi connectivity index (χ1) is 14.8. The molecule has 9 heteroatoms. The number of hydrogen-bond acceptors (Lipinski definition) is 6. The molecule has 0 saturated carbocycles. The Bertz CT molecular complexity index is 1040. The third kappa shape index (κ3) is 6.05. The molecule has 31 heavy (non-hydrogen) atoms. The van der Waals surface area contributed by atoms with Crippen molar-refractivity contribution in [3.05, 3.63) is 59.7 Å². The minimum Gasteiger partial charge on any atom is -0.507 e. The first-order valence-electron chi connectivity index (χ1n) is 10.1. The van der Waals surface area contributed by atoms with Gasteiger partial charge in [0.05, 0.1) is 4.90 Å². The lowest BCUT2D eigenvalue weighted by Crippen LogP contribution is -2.41. The summed E-state index contributed by atoms with van der Waals surface area (Å²) in [7, 11) is -3.93. The van der Waals surface area contributed by atoms with Crippen LogP contribution in [0.5, 0.6) is 5.75 Å². The van der Waals surface area contributed by atoms with E-state index in [9.17, 15) is 23.1 Å². The van der Waals surface area contributed by atoms with Crippen molar-refractivity contribution in [2.24, 2.45) is 5.92 Å². The highest BCUT2D eigenvalue weighted by molar-refractivity contribution is 7.89. The molecule has 2 N–H and O–H groups in total. The lowest BCUT2D eigenvalue weighted by Gasteiger charge is -2.30. The lowest BCUT2D eigenvalue weighted by molar-refractivity contribution is -0.136. The number of phenolic OH excluding ortho intramolecular Hbond substituents is 1. The Labute approximate surface area is 181 Å². The maximum Gasteiger partial charge on any atom is 0.342 e. The number of amides is 1. The zero-order chi connectivity index (χ0) is 22.4. The molecule has 2 aromatic carbocycles. The third-order valence-electron chi connectivity index (χ3n) is 5.14. The predicted molar refractivity (Wildman–Crippen MR) is 114 cm³/mol. The van der Waals surface area contributed by atoms with E-state index < -0.39 is 28.3 Å². The van der Waals surface area contributed by atoms with Crippen LogP contribution in [0.4, 0.5) is 0 Å². The summed E-state index contributed by atoms with van der Waals surface area (Å²) in [6.45, 7) is 2.90. The number of hydrogen-bond donors (Lipinski definition) is 2. The Morgan fingerprint density at radius 3 is 2.65 bits per heavy atom. The summed E-state index contributed by atoms with van der Waals surface area (Å²) < 4.78 is 32.7. The largest absolute Gasteiger partial charge is 0.507 e. The highest BCUT2D eigenvalue weighted by Gasteiger charge is 2.24.